The fourth-order valence-corrected chi connectivity index (χ4v) is 4.69. The van der Waals surface area contributed by atoms with Gasteiger partial charge in [0.2, 0.25) is 0 Å². The van der Waals surface area contributed by atoms with Crippen LogP contribution in [0.1, 0.15) is 103 Å². The second-order valence-electron chi connectivity index (χ2n) is 10.7. The molecule has 1 saturated carbocycles. The third-order valence-electron chi connectivity index (χ3n) is 7.36. The van der Waals surface area contributed by atoms with Crippen molar-refractivity contribution in [3.63, 3.8) is 0 Å². The van der Waals surface area contributed by atoms with Gasteiger partial charge in [-0.05, 0) is 73.3 Å². The number of carbonyl (C=O) groups is 1. The standard InChI is InChI=1S/C31H40F3N5O.2C2H6/c1-5-22(4)23-10-12-24(13-11-23)29(36)39(16-15-31(32,33)34)30(40)37-19-27(35)26-14-9-21(3)18-28(26)38-25-8-6-7-20(2)17-25;2*1-2/h6-8,10-13,17,21-22,36H,5,9,14-16,18-19,35H2,1-4H3,(H,37,40);2*1-2H3/b27-26-,36-29?,38-28?;;. The predicted octanol–water partition coefficient (Wildman–Crippen LogP) is 9.66. The van der Waals surface area contributed by atoms with Crippen LogP contribution in [0.3, 0.4) is 0 Å². The SMILES string of the molecule is CC.CC.CCC(C)c1ccc(C(=N)N(CCC(F)(F)F)C(=O)NC/C(N)=C2\CCC(C)CC2=Nc2cccc(C)c2)cc1. The van der Waals surface area contributed by atoms with E-state index in [-0.39, 0.29) is 12.4 Å². The quantitative estimate of drug-likeness (QED) is 0.204. The van der Waals surface area contributed by atoms with Crippen molar-refractivity contribution in [3.8, 4) is 0 Å². The molecule has 2 atom stereocenters. The summed E-state index contributed by atoms with van der Waals surface area (Å²) in [5.41, 5.74) is 11.9. The van der Waals surface area contributed by atoms with E-state index < -0.39 is 25.2 Å². The van der Waals surface area contributed by atoms with Crippen LogP contribution in [-0.4, -0.2) is 41.7 Å². The molecule has 244 valence electrons. The number of carbonyl (C=O) groups excluding carboxylic acids is 1. The summed E-state index contributed by atoms with van der Waals surface area (Å²) in [5, 5.41) is 11.2. The maximum Gasteiger partial charge on any atom is 0.390 e. The van der Waals surface area contributed by atoms with Crippen molar-refractivity contribution in [2.75, 3.05) is 13.1 Å². The number of nitrogens with one attached hydrogen (secondary N) is 2. The van der Waals surface area contributed by atoms with Crippen molar-refractivity contribution in [1.29, 1.82) is 5.41 Å². The Hall–Kier alpha value is -3.62. The van der Waals surface area contributed by atoms with E-state index in [9.17, 15) is 18.0 Å². The minimum absolute atomic E-state index is 0.0574. The summed E-state index contributed by atoms with van der Waals surface area (Å²) in [5.74, 6) is 0.447. The van der Waals surface area contributed by atoms with Gasteiger partial charge in [0.15, 0.2) is 0 Å². The zero-order valence-corrected chi connectivity index (χ0v) is 27.7. The Labute approximate surface area is 262 Å². The highest BCUT2D eigenvalue weighted by Crippen LogP contribution is 2.29. The second-order valence-corrected chi connectivity index (χ2v) is 10.7. The van der Waals surface area contributed by atoms with Crippen LogP contribution in [-0.2, 0) is 0 Å². The fraction of sp³-hybridized carbons (Fsp3) is 0.514. The van der Waals surface area contributed by atoms with Crippen LogP contribution in [0.5, 0.6) is 0 Å². The number of amidine groups is 1. The predicted molar refractivity (Wildman–Crippen MR) is 178 cm³/mol. The van der Waals surface area contributed by atoms with Crippen molar-refractivity contribution < 1.29 is 18.0 Å². The summed E-state index contributed by atoms with van der Waals surface area (Å²) in [4.78, 5) is 18.8. The van der Waals surface area contributed by atoms with Gasteiger partial charge in [-0.1, -0.05) is 84.9 Å². The molecule has 44 heavy (non-hydrogen) atoms. The number of alkyl halides is 3. The Kier molecular flexibility index (Phi) is 16.5. The summed E-state index contributed by atoms with van der Waals surface area (Å²) in [6, 6.07) is 14.1. The van der Waals surface area contributed by atoms with E-state index in [1.54, 1.807) is 12.1 Å². The van der Waals surface area contributed by atoms with Crippen LogP contribution in [0.4, 0.5) is 23.7 Å². The molecule has 0 heterocycles. The maximum absolute atomic E-state index is 13.1. The number of halogens is 3. The number of benzene rings is 2. The van der Waals surface area contributed by atoms with Gasteiger partial charge in [-0.3, -0.25) is 15.3 Å². The van der Waals surface area contributed by atoms with E-state index in [2.05, 4.69) is 26.1 Å². The van der Waals surface area contributed by atoms with E-state index in [0.717, 1.165) is 52.3 Å². The molecule has 2 aromatic carbocycles. The number of urea groups is 1. The molecule has 1 fully saturated rings. The van der Waals surface area contributed by atoms with Gasteiger partial charge in [-0.2, -0.15) is 13.2 Å². The number of rotatable bonds is 8. The Morgan fingerprint density at radius 3 is 2.34 bits per heavy atom. The van der Waals surface area contributed by atoms with Gasteiger partial charge in [0.25, 0.3) is 0 Å². The van der Waals surface area contributed by atoms with E-state index >= 15 is 0 Å². The van der Waals surface area contributed by atoms with Crippen LogP contribution in [0.25, 0.3) is 0 Å². The number of amides is 2. The molecule has 0 bridgehead atoms. The molecule has 4 N–H and O–H groups in total. The molecular weight excluding hydrogens is 563 g/mol. The molecule has 2 amide bonds. The first-order valence-corrected chi connectivity index (χ1v) is 15.8. The molecule has 3 rings (SSSR count). The first-order valence-electron chi connectivity index (χ1n) is 15.8. The molecule has 6 nitrogen and oxygen atoms in total. The van der Waals surface area contributed by atoms with Crippen molar-refractivity contribution in [2.24, 2.45) is 16.6 Å². The van der Waals surface area contributed by atoms with E-state index in [0.29, 0.717) is 29.5 Å². The number of nitrogens with two attached hydrogens (primary N) is 1. The number of aliphatic imine (C=N–C) groups is 1. The lowest BCUT2D eigenvalue weighted by molar-refractivity contribution is -0.135. The van der Waals surface area contributed by atoms with Gasteiger partial charge in [-0.25, -0.2) is 4.79 Å². The lowest BCUT2D eigenvalue weighted by atomic mass is 9.84. The largest absolute Gasteiger partial charge is 0.400 e. The van der Waals surface area contributed by atoms with Gasteiger partial charge in [0, 0.05) is 23.5 Å². The summed E-state index contributed by atoms with van der Waals surface area (Å²) in [6.07, 6.45) is -2.40. The highest BCUT2D eigenvalue weighted by molar-refractivity contribution is 6.06. The Balaban J connectivity index is 0.00000232. The van der Waals surface area contributed by atoms with Crippen molar-refractivity contribution in [3.05, 3.63) is 76.5 Å². The maximum atomic E-state index is 13.1. The van der Waals surface area contributed by atoms with E-state index in [1.165, 1.54) is 0 Å². The van der Waals surface area contributed by atoms with E-state index in [1.807, 2.05) is 71.0 Å². The number of hydrogen-bond acceptors (Lipinski definition) is 4. The topological polar surface area (TPSA) is 94.6 Å². The molecule has 2 aromatic rings. The Morgan fingerprint density at radius 2 is 1.77 bits per heavy atom. The second kappa shape index (κ2) is 18.9. The molecule has 0 radical (unpaired) electrons. The Bertz CT molecular complexity index is 1250. The first-order chi connectivity index (χ1) is 20.9. The molecular formula is C35H52F3N5O. The van der Waals surface area contributed by atoms with Gasteiger partial charge < -0.3 is 11.1 Å². The zero-order chi connectivity index (χ0) is 33.4. The lowest BCUT2D eigenvalue weighted by Gasteiger charge is -2.26. The van der Waals surface area contributed by atoms with Crippen LogP contribution in [0.2, 0.25) is 0 Å². The number of nitrogens with zero attached hydrogens (tertiary/aromatic N) is 2. The van der Waals surface area contributed by atoms with Gasteiger partial charge in [0.1, 0.15) is 5.84 Å². The third kappa shape index (κ3) is 12.2. The Morgan fingerprint density at radius 1 is 1.14 bits per heavy atom. The average Bonchev–Trinajstić information content (AvgIpc) is 3.01. The molecule has 2 unspecified atom stereocenters. The highest BCUT2D eigenvalue weighted by atomic mass is 19.4. The lowest BCUT2D eigenvalue weighted by Crippen LogP contribution is -2.46. The van der Waals surface area contributed by atoms with Crippen LogP contribution < -0.4 is 11.1 Å². The smallest absolute Gasteiger partial charge is 0.390 e. The van der Waals surface area contributed by atoms with E-state index in [4.69, 9.17) is 16.1 Å². The van der Waals surface area contributed by atoms with Crippen LogP contribution in [0, 0.1) is 18.3 Å². The van der Waals surface area contributed by atoms with Gasteiger partial charge >= 0.3 is 12.2 Å². The van der Waals surface area contributed by atoms with Crippen LogP contribution >= 0.6 is 0 Å². The molecule has 0 saturated heterocycles. The number of aryl methyl sites for hydroxylation is 1. The first kappa shape index (κ1) is 38.4. The molecule has 1 aliphatic rings. The molecule has 0 aliphatic heterocycles. The normalized spacial score (nSPS) is 17.3. The van der Waals surface area contributed by atoms with Gasteiger partial charge in [-0.15, -0.1) is 0 Å². The summed E-state index contributed by atoms with van der Waals surface area (Å²) >= 11 is 0. The minimum Gasteiger partial charge on any atom is -0.400 e. The summed E-state index contributed by atoms with van der Waals surface area (Å²) in [7, 11) is 0. The third-order valence-corrected chi connectivity index (χ3v) is 7.36. The zero-order valence-electron chi connectivity index (χ0n) is 27.7. The van der Waals surface area contributed by atoms with Crippen molar-refractivity contribution in [2.45, 2.75) is 99.6 Å². The number of allylic oxidation sites excluding steroid dienone is 1. The monoisotopic (exact) mass is 615 g/mol. The molecule has 0 aromatic heterocycles. The highest BCUT2D eigenvalue weighted by Gasteiger charge is 2.31. The molecule has 9 heteroatoms. The fourth-order valence-electron chi connectivity index (χ4n) is 4.69. The van der Waals surface area contributed by atoms with Crippen LogP contribution in [0.15, 0.2) is 64.8 Å². The van der Waals surface area contributed by atoms with Crippen molar-refractivity contribution >= 4 is 23.3 Å². The number of hydrogen-bond donors (Lipinski definition) is 3. The molecule has 1 aliphatic carbocycles. The van der Waals surface area contributed by atoms with Gasteiger partial charge in [0.05, 0.1) is 18.7 Å². The summed E-state index contributed by atoms with van der Waals surface area (Å²) < 4.78 is 39.3. The van der Waals surface area contributed by atoms with Crippen molar-refractivity contribution in [1.82, 2.24) is 10.2 Å². The summed E-state index contributed by atoms with van der Waals surface area (Å²) in [6.45, 7) is 15.6. The minimum atomic E-state index is -4.47. The molecule has 0 spiro atoms. The average molecular weight is 616 g/mol.